The van der Waals surface area contributed by atoms with Gasteiger partial charge in [0, 0.05) is 4.99 Å². The molecule has 0 amide bonds. The number of ether oxygens (including phenoxy) is 1. The molecule has 1 N–H and O–H groups in total. The molecule has 1 aromatic carbocycles. The van der Waals surface area contributed by atoms with Gasteiger partial charge in [-0.2, -0.15) is 0 Å². The summed E-state index contributed by atoms with van der Waals surface area (Å²) < 4.78 is 5.35. The van der Waals surface area contributed by atoms with Crippen LogP contribution in [0.15, 0.2) is 28.9 Å². The van der Waals surface area contributed by atoms with Crippen LogP contribution in [0, 0.1) is 0 Å². The molecule has 0 saturated heterocycles. The van der Waals surface area contributed by atoms with Gasteiger partial charge in [0.25, 0.3) is 0 Å². The fourth-order valence-corrected chi connectivity index (χ4v) is 2.16. The fourth-order valence-electron chi connectivity index (χ4n) is 1.19. The standard InChI is InChI=1S/C13H14BrCl2NO2.BrH/c1-13(2,17-3)11(7-14)19-12(18)8-4-5-9(15)10(16)6-8;/h4-7,17H,1-3H3;1H. The largest absolute Gasteiger partial charge is 0.425 e. The van der Waals surface area contributed by atoms with Gasteiger partial charge in [-0.1, -0.05) is 39.1 Å². The molecule has 0 saturated carbocycles. The first-order valence-electron chi connectivity index (χ1n) is 5.49. The highest BCUT2D eigenvalue weighted by atomic mass is 79.9. The molecule has 0 bridgehead atoms. The summed E-state index contributed by atoms with van der Waals surface area (Å²) in [5, 5.41) is 3.75. The van der Waals surface area contributed by atoms with Crippen molar-refractivity contribution in [3.8, 4) is 0 Å². The predicted molar refractivity (Wildman–Crippen MR) is 92.3 cm³/mol. The van der Waals surface area contributed by atoms with Crippen molar-refractivity contribution in [2.45, 2.75) is 19.4 Å². The maximum atomic E-state index is 12.0. The number of carbonyl (C=O) groups excluding carboxylic acids is 1. The quantitative estimate of drug-likeness (QED) is 0.523. The Morgan fingerprint density at radius 3 is 2.40 bits per heavy atom. The van der Waals surface area contributed by atoms with Crippen molar-refractivity contribution < 1.29 is 9.53 Å². The van der Waals surface area contributed by atoms with Crippen molar-refractivity contribution in [1.82, 2.24) is 5.32 Å². The van der Waals surface area contributed by atoms with Crippen LogP contribution in [-0.2, 0) is 4.74 Å². The Bertz CT molecular complexity index is 519. The predicted octanol–water partition coefficient (Wildman–Crippen LogP) is 4.96. The molecule has 0 atom stereocenters. The second-order valence-corrected chi connectivity index (χ2v) is 5.64. The second-order valence-electron chi connectivity index (χ2n) is 4.37. The number of esters is 1. The Labute approximate surface area is 147 Å². The summed E-state index contributed by atoms with van der Waals surface area (Å²) in [6, 6.07) is 4.60. The maximum absolute atomic E-state index is 12.0. The minimum Gasteiger partial charge on any atom is -0.425 e. The molecule has 0 spiro atoms. The van der Waals surface area contributed by atoms with Gasteiger partial charge in [-0.15, -0.1) is 17.0 Å². The van der Waals surface area contributed by atoms with Gasteiger partial charge >= 0.3 is 5.97 Å². The Kier molecular flexibility index (Phi) is 8.36. The third-order valence-corrected chi connectivity index (χ3v) is 3.85. The number of nitrogens with one attached hydrogen (secondary N) is 1. The van der Waals surface area contributed by atoms with Crippen molar-refractivity contribution in [2.24, 2.45) is 0 Å². The molecular weight excluding hydrogens is 433 g/mol. The molecular formula is C13H15Br2Cl2NO2. The van der Waals surface area contributed by atoms with E-state index in [4.69, 9.17) is 27.9 Å². The van der Waals surface area contributed by atoms with E-state index in [2.05, 4.69) is 21.2 Å². The number of rotatable bonds is 4. The highest BCUT2D eigenvalue weighted by Crippen LogP contribution is 2.25. The van der Waals surface area contributed by atoms with Crippen molar-refractivity contribution in [3.05, 3.63) is 44.6 Å². The lowest BCUT2D eigenvalue weighted by Gasteiger charge is -2.26. The molecule has 3 nitrogen and oxygen atoms in total. The van der Waals surface area contributed by atoms with E-state index in [1.807, 2.05) is 13.8 Å². The van der Waals surface area contributed by atoms with E-state index in [9.17, 15) is 4.79 Å². The summed E-state index contributed by atoms with van der Waals surface area (Å²) in [7, 11) is 1.78. The van der Waals surface area contributed by atoms with Crippen molar-refractivity contribution in [2.75, 3.05) is 7.05 Å². The lowest BCUT2D eigenvalue weighted by Crippen LogP contribution is -2.39. The van der Waals surface area contributed by atoms with Gasteiger partial charge in [0.15, 0.2) is 0 Å². The monoisotopic (exact) mass is 445 g/mol. The maximum Gasteiger partial charge on any atom is 0.343 e. The van der Waals surface area contributed by atoms with Crippen LogP contribution in [0.25, 0.3) is 0 Å². The van der Waals surface area contributed by atoms with Crippen molar-refractivity contribution in [1.29, 1.82) is 0 Å². The molecule has 0 aliphatic rings. The zero-order valence-corrected chi connectivity index (χ0v) is 16.0. The van der Waals surface area contributed by atoms with Crippen LogP contribution in [0.2, 0.25) is 10.0 Å². The summed E-state index contributed by atoms with van der Waals surface area (Å²) in [5.41, 5.74) is -0.136. The van der Waals surface area contributed by atoms with Crippen molar-refractivity contribution in [3.63, 3.8) is 0 Å². The molecule has 112 valence electrons. The van der Waals surface area contributed by atoms with E-state index >= 15 is 0 Å². The van der Waals surface area contributed by atoms with Gasteiger partial charge in [0.2, 0.25) is 0 Å². The molecule has 0 unspecified atom stereocenters. The van der Waals surface area contributed by atoms with Gasteiger partial charge in [0.1, 0.15) is 5.76 Å². The highest BCUT2D eigenvalue weighted by Gasteiger charge is 2.25. The van der Waals surface area contributed by atoms with E-state index < -0.39 is 11.5 Å². The second kappa shape index (κ2) is 8.39. The number of hydrogen-bond acceptors (Lipinski definition) is 3. The molecule has 0 heterocycles. The Morgan fingerprint density at radius 1 is 1.35 bits per heavy atom. The van der Waals surface area contributed by atoms with E-state index in [1.165, 1.54) is 6.07 Å². The van der Waals surface area contributed by atoms with Gasteiger partial charge in [0.05, 0.1) is 21.1 Å². The average Bonchev–Trinajstić information content (AvgIpc) is 2.38. The summed E-state index contributed by atoms with van der Waals surface area (Å²) in [6.07, 6.45) is 0. The van der Waals surface area contributed by atoms with Crippen LogP contribution < -0.4 is 5.32 Å². The molecule has 0 aliphatic carbocycles. The smallest absolute Gasteiger partial charge is 0.343 e. The molecule has 0 fully saturated rings. The number of hydrogen-bond donors (Lipinski definition) is 1. The topological polar surface area (TPSA) is 38.3 Å². The number of likely N-dealkylation sites (N-methyl/N-ethyl adjacent to an activating group) is 1. The molecule has 20 heavy (non-hydrogen) atoms. The molecule has 0 radical (unpaired) electrons. The number of benzene rings is 1. The molecule has 1 rings (SSSR count). The van der Waals surface area contributed by atoms with Gasteiger partial charge in [-0.3, -0.25) is 0 Å². The van der Waals surface area contributed by atoms with E-state index in [0.717, 1.165) is 0 Å². The van der Waals surface area contributed by atoms with Crippen LogP contribution in [0.1, 0.15) is 24.2 Å². The van der Waals surface area contributed by atoms with E-state index in [-0.39, 0.29) is 17.0 Å². The summed E-state index contributed by atoms with van der Waals surface area (Å²) in [5.74, 6) is -0.0290. The van der Waals surface area contributed by atoms with Gasteiger partial charge in [-0.05, 0) is 39.1 Å². The van der Waals surface area contributed by atoms with Crippen LogP contribution >= 0.6 is 56.1 Å². The minimum atomic E-state index is -0.493. The lowest BCUT2D eigenvalue weighted by atomic mass is 10.0. The normalized spacial score (nSPS) is 11.8. The third-order valence-electron chi connectivity index (χ3n) is 2.70. The Hall–Kier alpha value is -0.0700. The number of halogens is 4. The first-order valence-corrected chi connectivity index (χ1v) is 7.16. The molecule has 0 aromatic heterocycles. The molecule has 1 aromatic rings. The van der Waals surface area contributed by atoms with Crippen LogP contribution in [0.5, 0.6) is 0 Å². The zero-order chi connectivity index (χ0) is 14.6. The molecule has 0 aliphatic heterocycles. The summed E-state index contributed by atoms with van der Waals surface area (Å²) in [6.45, 7) is 3.78. The third kappa shape index (κ3) is 5.04. The van der Waals surface area contributed by atoms with Gasteiger partial charge in [-0.25, -0.2) is 4.79 Å². The fraction of sp³-hybridized carbons (Fsp3) is 0.308. The van der Waals surface area contributed by atoms with Crippen LogP contribution in [0.4, 0.5) is 0 Å². The van der Waals surface area contributed by atoms with Crippen LogP contribution in [0.3, 0.4) is 0 Å². The SMILES string of the molecule is Br.CNC(C)(C)C(=CBr)OC(=O)c1ccc(Cl)c(Cl)c1. The van der Waals surface area contributed by atoms with E-state index in [0.29, 0.717) is 21.4 Å². The zero-order valence-electron chi connectivity index (χ0n) is 11.2. The number of carbonyl (C=O) groups is 1. The summed E-state index contributed by atoms with van der Waals surface area (Å²) >= 11 is 14.9. The lowest BCUT2D eigenvalue weighted by molar-refractivity contribution is 0.0575. The average molecular weight is 448 g/mol. The highest BCUT2D eigenvalue weighted by molar-refractivity contribution is 9.11. The molecule has 7 heteroatoms. The van der Waals surface area contributed by atoms with E-state index in [1.54, 1.807) is 24.2 Å². The van der Waals surface area contributed by atoms with Crippen LogP contribution in [-0.4, -0.2) is 18.6 Å². The van der Waals surface area contributed by atoms with Gasteiger partial charge < -0.3 is 10.1 Å². The first-order chi connectivity index (χ1) is 8.81. The van der Waals surface area contributed by atoms with Crippen molar-refractivity contribution >= 4 is 62.1 Å². The Balaban J connectivity index is 0.00000361. The first kappa shape index (κ1) is 19.9. The Morgan fingerprint density at radius 2 is 1.95 bits per heavy atom. The summed E-state index contributed by atoms with van der Waals surface area (Å²) in [4.78, 5) is 13.6. The minimum absolute atomic E-state index is 0.